The number of likely N-dealkylation sites (tertiary alicyclic amines) is 1. The summed E-state index contributed by atoms with van der Waals surface area (Å²) in [6, 6.07) is 2.50. The highest BCUT2D eigenvalue weighted by Gasteiger charge is 2.21. The molecule has 1 unspecified atom stereocenters. The van der Waals surface area contributed by atoms with Crippen molar-refractivity contribution in [3.63, 3.8) is 0 Å². The van der Waals surface area contributed by atoms with Crippen molar-refractivity contribution in [2.45, 2.75) is 31.8 Å². The van der Waals surface area contributed by atoms with Crippen molar-refractivity contribution >= 4 is 36.4 Å². The van der Waals surface area contributed by atoms with Crippen LogP contribution in [-0.4, -0.2) is 29.0 Å². The SMILES string of the molecule is Cl.Cl.NCC1CCCCN1Cc1ccncc1Cl. The highest BCUT2D eigenvalue weighted by molar-refractivity contribution is 6.31. The van der Waals surface area contributed by atoms with E-state index < -0.39 is 0 Å². The van der Waals surface area contributed by atoms with Crippen LogP contribution in [0.25, 0.3) is 0 Å². The van der Waals surface area contributed by atoms with E-state index in [1.807, 2.05) is 6.07 Å². The van der Waals surface area contributed by atoms with Crippen molar-refractivity contribution in [1.82, 2.24) is 9.88 Å². The summed E-state index contributed by atoms with van der Waals surface area (Å²) in [4.78, 5) is 6.44. The first-order chi connectivity index (χ1) is 7.81. The molecule has 0 aromatic carbocycles. The van der Waals surface area contributed by atoms with Crippen molar-refractivity contribution in [2.75, 3.05) is 13.1 Å². The summed E-state index contributed by atoms with van der Waals surface area (Å²) in [5.74, 6) is 0. The maximum atomic E-state index is 6.11. The number of nitrogens with two attached hydrogens (primary N) is 1. The number of nitrogens with zero attached hydrogens (tertiary/aromatic N) is 2. The molecular weight excluding hydrogens is 293 g/mol. The average Bonchev–Trinajstić information content (AvgIpc) is 2.33. The molecule has 1 aliphatic heterocycles. The van der Waals surface area contributed by atoms with E-state index in [1.54, 1.807) is 12.4 Å². The van der Waals surface area contributed by atoms with Crippen LogP contribution in [0.3, 0.4) is 0 Å². The Bertz CT molecular complexity index is 349. The second kappa shape index (κ2) is 8.94. The fourth-order valence-corrected chi connectivity index (χ4v) is 2.47. The second-order valence-electron chi connectivity index (χ2n) is 4.32. The molecule has 1 atom stereocenters. The fourth-order valence-electron chi connectivity index (χ4n) is 2.29. The summed E-state index contributed by atoms with van der Waals surface area (Å²) in [5, 5.41) is 0.754. The number of hydrogen-bond donors (Lipinski definition) is 1. The molecule has 1 aromatic rings. The number of piperidine rings is 1. The van der Waals surface area contributed by atoms with Crippen molar-refractivity contribution in [3.05, 3.63) is 29.0 Å². The molecular formula is C12H20Cl3N3. The van der Waals surface area contributed by atoms with Gasteiger partial charge in [-0.15, -0.1) is 24.8 Å². The predicted octanol–water partition coefficient (Wildman–Crippen LogP) is 2.89. The number of pyridine rings is 1. The lowest BCUT2D eigenvalue weighted by atomic mass is 10.0. The Hall–Kier alpha value is -0.0600. The lowest BCUT2D eigenvalue weighted by molar-refractivity contribution is 0.145. The van der Waals surface area contributed by atoms with E-state index in [9.17, 15) is 0 Å². The van der Waals surface area contributed by atoms with Gasteiger partial charge >= 0.3 is 0 Å². The van der Waals surface area contributed by atoms with E-state index in [1.165, 1.54) is 19.3 Å². The Morgan fingerprint density at radius 1 is 1.39 bits per heavy atom. The molecule has 0 bridgehead atoms. The molecule has 2 heterocycles. The Balaban J connectivity index is 0.00000144. The molecule has 1 fully saturated rings. The highest BCUT2D eigenvalue weighted by Crippen LogP contribution is 2.22. The molecule has 0 amide bonds. The van der Waals surface area contributed by atoms with Gasteiger partial charge in [0.15, 0.2) is 0 Å². The third-order valence-corrected chi connectivity index (χ3v) is 3.59. The standard InChI is InChI=1S/C12H18ClN3.2ClH/c13-12-8-15-5-4-10(12)9-16-6-2-1-3-11(16)7-14;;/h4-5,8,11H,1-3,6-7,9,14H2;2*1H. The molecule has 0 spiro atoms. The Morgan fingerprint density at radius 2 is 2.17 bits per heavy atom. The van der Waals surface area contributed by atoms with Crippen LogP contribution >= 0.6 is 36.4 Å². The van der Waals surface area contributed by atoms with Gasteiger partial charge in [-0.1, -0.05) is 18.0 Å². The monoisotopic (exact) mass is 311 g/mol. The van der Waals surface area contributed by atoms with Crippen LogP contribution in [0.1, 0.15) is 24.8 Å². The second-order valence-corrected chi connectivity index (χ2v) is 4.73. The summed E-state index contributed by atoms with van der Waals surface area (Å²) >= 11 is 6.11. The summed E-state index contributed by atoms with van der Waals surface area (Å²) < 4.78 is 0. The van der Waals surface area contributed by atoms with Gasteiger partial charge in [-0.2, -0.15) is 0 Å². The van der Waals surface area contributed by atoms with Gasteiger partial charge in [0.1, 0.15) is 0 Å². The number of hydrogen-bond acceptors (Lipinski definition) is 3. The quantitative estimate of drug-likeness (QED) is 0.933. The Kier molecular flexibility index (Phi) is 8.91. The summed E-state index contributed by atoms with van der Waals surface area (Å²) in [7, 11) is 0. The minimum Gasteiger partial charge on any atom is -0.329 e. The molecule has 2 rings (SSSR count). The number of halogens is 3. The van der Waals surface area contributed by atoms with E-state index in [2.05, 4.69) is 9.88 Å². The molecule has 3 nitrogen and oxygen atoms in total. The molecule has 0 saturated carbocycles. The van der Waals surface area contributed by atoms with Gasteiger partial charge in [0.05, 0.1) is 5.02 Å². The number of aromatic nitrogens is 1. The predicted molar refractivity (Wildman–Crippen MR) is 80.8 cm³/mol. The van der Waals surface area contributed by atoms with Gasteiger partial charge in [0.2, 0.25) is 0 Å². The van der Waals surface area contributed by atoms with Gasteiger partial charge in [-0.25, -0.2) is 0 Å². The van der Waals surface area contributed by atoms with E-state index >= 15 is 0 Å². The molecule has 1 aromatic heterocycles. The fraction of sp³-hybridized carbons (Fsp3) is 0.583. The molecule has 0 radical (unpaired) electrons. The smallest absolute Gasteiger partial charge is 0.0634 e. The van der Waals surface area contributed by atoms with Gasteiger partial charge in [-0.3, -0.25) is 9.88 Å². The normalized spacial score (nSPS) is 19.8. The van der Waals surface area contributed by atoms with Crippen molar-refractivity contribution in [3.8, 4) is 0 Å². The van der Waals surface area contributed by atoms with Crippen LogP contribution in [0, 0.1) is 0 Å². The Labute approximate surface area is 126 Å². The zero-order chi connectivity index (χ0) is 11.4. The van der Waals surface area contributed by atoms with Crippen molar-refractivity contribution < 1.29 is 0 Å². The van der Waals surface area contributed by atoms with Crippen LogP contribution in [-0.2, 0) is 6.54 Å². The largest absolute Gasteiger partial charge is 0.329 e. The zero-order valence-electron chi connectivity index (χ0n) is 10.2. The first-order valence-electron chi connectivity index (χ1n) is 5.84. The van der Waals surface area contributed by atoms with Crippen LogP contribution in [0.2, 0.25) is 5.02 Å². The summed E-state index contributed by atoms with van der Waals surface area (Å²) in [6.45, 7) is 2.76. The van der Waals surface area contributed by atoms with E-state index in [-0.39, 0.29) is 24.8 Å². The van der Waals surface area contributed by atoms with Gasteiger partial charge < -0.3 is 5.73 Å². The first kappa shape index (κ1) is 17.9. The van der Waals surface area contributed by atoms with Gasteiger partial charge in [-0.05, 0) is 31.0 Å². The van der Waals surface area contributed by atoms with Gasteiger partial charge in [0.25, 0.3) is 0 Å². The van der Waals surface area contributed by atoms with E-state index in [4.69, 9.17) is 17.3 Å². The first-order valence-corrected chi connectivity index (χ1v) is 6.21. The third-order valence-electron chi connectivity index (χ3n) is 3.25. The lowest BCUT2D eigenvalue weighted by Crippen LogP contribution is -2.43. The molecule has 18 heavy (non-hydrogen) atoms. The van der Waals surface area contributed by atoms with E-state index in [0.717, 1.165) is 30.2 Å². The summed E-state index contributed by atoms with van der Waals surface area (Å²) in [5.41, 5.74) is 6.95. The maximum Gasteiger partial charge on any atom is 0.0634 e. The van der Waals surface area contributed by atoms with Gasteiger partial charge in [0, 0.05) is 31.5 Å². The minimum absolute atomic E-state index is 0. The third kappa shape index (κ3) is 4.56. The van der Waals surface area contributed by atoms with Crippen LogP contribution in [0.5, 0.6) is 0 Å². The zero-order valence-corrected chi connectivity index (χ0v) is 12.6. The topological polar surface area (TPSA) is 42.1 Å². The summed E-state index contributed by atoms with van der Waals surface area (Å²) in [6.07, 6.45) is 7.27. The average molecular weight is 313 g/mol. The van der Waals surface area contributed by atoms with Crippen LogP contribution in [0.4, 0.5) is 0 Å². The number of rotatable bonds is 3. The Morgan fingerprint density at radius 3 is 2.83 bits per heavy atom. The molecule has 0 aliphatic carbocycles. The van der Waals surface area contributed by atoms with Crippen molar-refractivity contribution in [2.24, 2.45) is 5.73 Å². The lowest BCUT2D eigenvalue weighted by Gasteiger charge is -2.35. The van der Waals surface area contributed by atoms with Crippen LogP contribution < -0.4 is 5.73 Å². The highest BCUT2D eigenvalue weighted by atomic mass is 35.5. The van der Waals surface area contributed by atoms with Crippen LogP contribution in [0.15, 0.2) is 18.5 Å². The molecule has 2 N–H and O–H groups in total. The molecule has 104 valence electrons. The maximum absolute atomic E-state index is 6.11. The molecule has 6 heteroatoms. The molecule has 1 aliphatic rings. The van der Waals surface area contributed by atoms with Crippen molar-refractivity contribution in [1.29, 1.82) is 0 Å². The minimum atomic E-state index is 0. The molecule has 1 saturated heterocycles. The van der Waals surface area contributed by atoms with E-state index in [0.29, 0.717) is 6.04 Å².